The first kappa shape index (κ1) is 13.8. The molecule has 3 heterocycles. The van der Waals surface area contributed by atoms with Gasteiger partial charge in [-0.3, -0.25) is 14.5 Å². The van der Waals surface area contributed by atoms with Gasteiger partial charge in [0.2, 0.25) is 0 Å². The van der Waals surface area contributed by atoms with Gasteiger partial charge in [-0.05, 0) is 11.6 Å². The van der Waals surface area contributed by atoms with Gasteiger partial charge >= 0.3 is 5.69 Å². The van der Waals surface area contributed by atoms with Crippen molar-refractivity contribution in [2.75, 3.05) is 0 Å². The highest BCUT2D eigenvalue weighted by Gasteiger charge is 2.11. The number of nitrogens with one attached hydrogen (secondary N) is 3. The topological polar surface area (TPSA) is 108 Å². The van der Waals surface area contributed by atoms with E-state index in [-0.39, 0.29) is 11.6 Å². The first-order valence-corrected chi connectivity index (χ1v) is 6.62. The minimum Gasteiger partial charge on any atom is -0.347 e. The maximum absolute atomic E-state index is 11.9. The number of carbonyl (C=O) groups is 1. The fourth-order valence-electron chi connectivity index (χ4n) is 2.11. The normalized spacial score (nSPS) is 10.6. The molecule has 8 heteroatoms. The molecule has 0 aliphatic heterocycles. The molecule has 3 N–H and O–H groups in total. The summed E-state index contributed by atoms with van der Waals surface area (Å²) in [7, 11) is 1.83. The van der Waals surface area contributed by atoms with Crippen LogP contribution in [0.3, 0.4) is 0 Å². The lowest BCUT2D eigenvalue weighted by Crippen LogP contribution is -2.24. The number of aromatic nitrogens is 5. The van der Waals surface area contributed by atoms with Gasteiger partial charge in [0, 0.05) is 37.7 Å². The van der Waals surface area contributed by atoms with Gasteiger partial charge in [0.25, 0.3) is 5.91 Å². The molecule has 22 heavy (non-hydrogen) atoms. The molecule has 0 fully saturated rings. The highest BCUT2D eigenvalue weighted by atomic mass is 16.2. The highest BCUT2D eigenvalue weighted by Crippen LogP contribution is 2.20. The third-order valence-electron chi connectivity index (χ3n) is 3.15. The Morgan fingerprint density at radius 1 is 1.45 bits per heavy atom. The number of H-pyrrole nitrogens is 2. The number of carbonyl (C=O) groups excluding carboxylic acids is 1. The van der Waals surface area contributed by atoms with E-state index in [1.165, 1.54) is 6.20 Å². The summed E-state index contributed by atoms with van der Waals surface area (Å²) in [4.78, 5) is 32.1. The van der Waals surface area contributed by atoms with Gasteiger partial charge in [-0.15, -0.1) is 0 Å². The Kier molecular flexibility index (Phi) is 3.57. The molecule has 0 aromatic carbocycles. The minimum atomic E-state index is -0.414. The van der Waals surface area contributed by atoms with Crippen molar-refractivity contribution in [2.45, 2.75) is 6.54 Å². The molecule has 0 aliphatic rings. The Hall–Kier alpha value is -3.16. The van der Waals surface area contributed by atoms with Crippen molar-refractivity contribution in [1.29, 1.82) is 0 Å². The van der Waals surface area contributed by atoms with Crippen molar-refractivity contribution >= 4 is 5.91 Å². The van der Waals surface area contributed by atoms with Crippen molar-refractivity contribution < 1.29 is 4.79 Å². The van der Waals surface area contributed by atoms with Crippen molar-refractivity contribution in [1.82, 2.24) is 30.0 Å². The van der Waals surface area contributed by atoms with E-state index in [9.17, 15) is 9.59 Å². The van der Waals surface area contributed by atoms with Crippen LogP contribution in [-0.2, 0) is 13.6 Å². The van der Waals surface area contributed by atoms with Gasteiger partial charge < -0.3 is 15.3 Å². The second kappa shape index (κ2) is 5.68. The van der Waals surface area contributed by atoms with Crippen LogP contribution in [0.2, 0.25) is 0 Å². The van der Waals surface area contributed by atoms with E-state index in [2.05, 4.69) is 25.4 Å². The molecule has 0 aliphatic carbocycles. The number of nitrogens with zero attached hydrogens (tertiary/aromatic N) is 3. The molecule has 0 bridgehead atoms. The maximum Gasteiger partial charge on any atom is 0.323 e. The molecular weight excluding hydrogens is 284 g/mol. The molecule has 0 saturated heterocycles. The second-order valence-corrected chi connectivity index (χ2v) is 4.75. The van der Waals surface area contributed by atoms with Gasteiger partial charge in [-0.1, -0.05) is 6.07 Å². The molecule has 0 saturated carbocycles. The average molecular weight is 298 g/mol. The SMILES string of the molecule is Cn1cc(-c2ncccc2CNC(=O)c2c[nH]c(=O)[nH]2)cn1. The van der Waals surface area contributed by atoms with Gasteiger partial charge in [0.05, 0.1) is 11.9 Å². The number of hydrogen-bond acceptors (Lipinski definition) is 4. The predicted molar refractivity (Wildman–Crippen MR) is 79.0 cm³/mol. The number of pyridine rings is 1. The number of rotatable bonds is 4. The molecule has 0 atom stereocenters. The summed E-state index contributed by atoms with van der Waals surface area (Å²) in [5.41, 5.74) is 2.28. The van der Waals surface area contributed by atoms with E-state index in [0.717, 1.165) is 16.8 Å². The van der Waals surface area contributed by atoms with Crippen LogP contribution in [0.15, 0.2) is 41.7 Å². The van der Waals surface area contributed by atoms with E-state index < -0.39 is 5.69 Å². The monoisotopic (exact) mass is 298 g/mol. The standard InChI is InChI=1S/C14H14N6O2/c1-20-8-10(6-18-20)12-9(3-2-4-15-12)5-16-13(21)11-7-17-14(22)19-11/h2-4,6-8H,5H2,1H3,(H,16,21)(H2,17,19,22). The lowest BCUT2D eigenvalue weighted by Gasteiger charge is -2.07. The molecule has 0 unspecified atom stereocenters. The summed E-state index contributed by atoms with van der Waals surface area (Å²) in [5.74, 6) is -0.362. The fraction of sp³-hybridized carbons (Fsp3) is 0.143. The van der Waals surface area contributed by atoms with E-state index in [4.69, 9.17) is 0 Å². The summed E-state index contributed by atoms with van der Waals surface area (Å²) in [6.07, 6.45) is 6.61. The molecule has 3 aromatic rings. The lowest BCUT2D eigenvalue weighted by molar-refractivity contribution is 0.0946. The summed E-state index contributed by atoms with van der Waals surface area (Å²) in [6.45, 7) is 0.296. The van der Waals surface area contributed by atoms with Crippen LogP contribution in [0.5, 0.6) is 0 Å². The first-order chi connectivity index (χ1) is 10.6. The Bertz CT molecular complexity index is 860. The molecule has 1 amide bonds. The third-order valence-corrected chi connectivity index (χ3v) is 3.15. The Labute approximate surface area is 125 Å². The van der Waals surface area contributed by atoms with Crippen molar-refractivity contribution in [3.05, 3.63) is 58.7 Å². The fourth-order valence-corrected chi connectivity index (χ4v) is 2.11. The largest absolute Gasteiger partial charge is 0.347 e. The van der Waals surface area contributed by atoms with Crippen molar-refractivity contribution in [3.63, 3.8) is 0 Å². The third kappa shape index (κ3) is 2.80. The van der Waals surface area contributed by atoms with Crippen LogP contribution in [0.25, 0.3) is 11.3 Å². The number of aryl methyl sites for hydroxylation is 1. The molecule has 3 aromatic heterocycles. The van der Waals surface area contributed by atoms with Crippen LogP contribution >= 0.6 is 0 Å². The van der Waals surface area contributed by atoms with Gasteiger partial charge in [0.15, 0.2) is 0 Å². The number of aromatic amines is 2. The zero-order valence-corrected chi connectivity index (χ0v) is 11.8. The summed E-state index contributed by atoms with van der Waals surface area (Å²) >= 11 is 0. The maximum atomic E-state index is 11.9. The number of amides is 1. The predicted octanol–water partition coefficient (Wildman–Crippen LogP) is 0.428. The van der Waals surface area contributed by atoms with Crippen molar-refractivity contribution in [2.24, 2.45) is 7.05 Å². The molecule has 8 nitrogen and oxygen atoms in total. The summed E-state index contributed by atoms with van der Waals surface area (Å²) < 4.78 is 1.69. The van der Waals surface area contributed by atoms with Crippen LogP contribution < -0.4 is 11.0 Å². The van der Waals surface area contributed by atoms with Gasteiger partial charge in [-0.25, -0.2) is 4.79 Å². The lowest BCUT2D eigenvalue weighted by atomic mass is 10.1. The average Bonchev–Trinajstić information content (AvgIpc) is 3.14. The highest BCUT2D eigenvalue weighted by molar-refractivity contribution is 5.92. The number of hydrogen-bond donors (Lipinski definition) is 3. The summed E-state index contributed by atoms with van der Waals surface area (Å²) in [5, 5.41) is 6.87. The molecule has 3 rings (SSSR count). The van der Waals surface area contributed by atoms with Crippen LogP contribution in [-0.4, -0.2) is 30.6 Å². The van der Waals surface area contributed by atoms with Gasteiger partial charge in [-0.2, -0.15) is 5.10 Å². The van der Waals surface area contributed by atoms with E-state index >= 15 is 0 Å². The van der Waals surface area contributed by atoms with E-state index in [0.29, 0.717) is 6.54 Å². The molecule has 112 valence electrons. The van der Waals surface area contributed by atoms with Crippen LogP contribution in [0.4, 0.5) is 0 Å². The molecule has 0 radical (unpaired) electrons. The van der Waals surface area contributed by atoms with E-state index in [1.807, 2.05) is 19.3 Å². The quantitative estimate of drug-likeness (QED) is 0.649. The minimum absolute atomic E-state index is 0.191. The van der Waals surface area contributed by atoms with E-state index in [1.54, 1.807) is 23.1 Å². The second-order valence-electron chi connectivity index (χ2n) is 4.75. The number of imidazole rings is 1. The zero-order chi connectivity index (χ0) is 15.5. The Morgan fingerprint density at radius 3 is 3.00 bits per heavy atom. The first-order valence-electron chi connectivity index (χ1n) is 6.62. The molecule has 0 spiro atoms. The van der Waals surface area contributed by atoms with Crippen LogP contribution in [0, 0.1) is 0 Å². The van der Waals surface area contributed by atoms with Crippen LogP contribution in [0.1, 0.15) is 16.1 Å². The Morgan fingerprint density at radius 2 is 2.32 bits per heavy atom. The summed E-state index contributed by atoms with van der Waals surface area (Å²) in [6, 6.07) is 3.69. The Balaban J connectivity index is 1.78. The van der Waals surface area contributed by atoms with Crippen molar-refractivity contribution in [3.8, 4) is 11.3 Å². The smallest absolute Gasteiger partial charge is 0.323 e. The van der Waals surface area contributed by atoms with Gasteiger partial charge in [0.1, 0.15) is 5.69 Å². The zero-order valence-electron chi connectivity index (χ0n) is 11.8. The molecular formula is C14H14N6O2.